The fourth-order valence-electron chi connectivity index (χ4n) is 9.61. The van der Waals surface area contributed by atoms with E-state index in [-0.39, 0.29) is 18.5 Å². The lowest BCUT2D eigenvalue weighted by Gasteiger charge is -2.20. The monoisotopic (exact) mass is 984 g/mol. The molecule has 1 amide bonds. The first-order valence-electron chi connectivity index (χ1n) is 31.3. The van der Waals surface area contributed by atoms with Gasteiger partial charge in [0.05, 0.1) is 25.4 Å². The van der Waals surface area contributed by atoms with Crippen molar-refractivity contribution in [1.29, 1.82) is 0 Å². The predicted octanol–water partition coefficient (Wildman–Crippen LogP) is 19.6. The summed E-state index contributed by atoms with van der Waals surface area (Å²) < 4.78 is 5.50. The number of nitrogens with one attached hydrogen (secondary N) is 1. The summed E-state index contributed by atoms with van der Waals surface area (Å²) >= 11 is 0. The average Bonchev–Trinajstić information content (AvgIpc) is 3.36. The van der Waals surface area contributed by atoms with E-state index in [2.05, 4.69) is 43.5 Å². The summed E-state index contributed by atoms with van der Waals surface area (Å²) in [6.45, 7) is 4.90. The van der Waals surface area contributed by atoms with Crippen LogP contribution >= 0.6 is 0 Å². The number of aliphatic hydroxyl groups excluding tert-OH is 2. The fourth-order valence-corrected chi connectivity index (χ4v) is 9.61. The van der Waals surface area contributed by atoms with E-state index < -0.39 is 12.1 Å². The second-order valence-electron chi connectivity index (χ2n) is 21.4. The van der Waals surface area contributed by atoms with Crippen molar-refractivity contribution in [3.05, 3.63) is 36.5 Å². The number of allylic oxidation sites excluding steroid dienone is 5. The highest BCUT2D eigenvalue weighted by Gasteiger charge is 2.18. The Morgan fingerprint density at radius 3 is 1.09 bits per heavy atom. The second-order valence-corrected chi connectivity index (χ2v) is 21.4. The molecule has 0 aromatic carbocycles. The second kappa shape index (κ2) is 59.6. The smallest absolute Gasteiger partial charge is 0.305 e. The third-order valence-electron chi connectivity index (χ3n) is 14.4. The normalized spacial score (nSPS) is 12.8. The third kappa shape index (κ3) is 55.4. The molecule has 0 fully saturated rings. The lowest BCUT2D eigenvalue weighted by atomic mass is 10.0. The van der Waals surface area contributed by atoms with Gasteiger partial charge in [0, 0.05) is 12.8 Å². The van der Waals surface area contributed by atoms with Gasteiger partial charge in [0.1, 0.15) is 0 Å². The lowest BCUT2D eigenvalue weighted by molar-refractivity contribution is -0.143. The topological polar surface area (TPSA) is 95.9 Å². The molecule has 0 aromatic rings. The molecule has 0 rings (SSSR count). The van der Waals surface area contributed by atoms with E-state index in [4.69, 9.17) is 4.74 Å². The highest BCUT2D eigenvalue weighted by molar-refractivity contribution is 5.76. The van der Waals surface area contributed by atoms with Gasteiger partial charge in [0.25, 0.3) is 0 Å². The van der Waals surface area contributed by atoms with E-state index in [0.29, 0.717) is 19.4 Å². The maximum atomic E-state index is 12.4. The van der Waals surface area contributed by atoms with Crippen LogP contribution in [0, 0.1) is 0 Å². The zero-order valence-electron chi connectivity index (χ0n) is 47.0. The van der Waals surface area contributed by atoms with Crippen LogP contribution in [0.25, 0.3) is 0 Å². The van der Waals surface area contributed by atoms with Crippen LogP contribution in [0.1, 0.15) is 335 Å². The molecular weight excluding hydrogens is 863 g/mol. The van der Waals surface area contributed by atoms with Crippen molar-refractivity contribution >= 4 is 11.9 Å². The quantitative estimate of drug-likeness (QED) is 0.0321. The maximum absolute atomic E-state index is 12.4. The zero-order valence-corrected chi connectivity index (χ0v) is 47.0. The molecule has 0 spiro atoms. The zero-order chi connectivity index (χ0) is 50.7. The van der Waals surface area contributed by atoms with E-state index in [0.717, 1.165) is 57.8 Å². The van der Waals surface area contributed by atoms with Crippen LogP contribution in [0.15, 0.2) is 36.5 Å². The Bertz CT molecular complexity index is 1130. The van der Waals surface area contributed by atoms with Gasteiger partial charge in [0.15, 0.2) is 0 Å². The van der Waals surface area contributed by atoms with E-state index in [9.17, 15) is 19.8 Å². The van der Waals surface area contributed by atoms with Gasteiger partial charge in [-0.1, -0.05) is 294 Å². The Kier molecular flexibility index (Phi) is 58.0. The molecule has 6 nitrogen and oxygen atoms in total. The van der Waals surface area contributed by atoms with Crippen LogP contribution in [0.4, 0.5) is 0 Å². The van der Waals surface area contributed by atoms with Gasteiger partial charge < -0.3 is 20.3 Å². The molecular formula is C64H121NO5. The highest BCUT2D eigenvalue weighted by atomic mass is 16.5. The van der Waals surface area contributed by atoms with Gasteiger partial charge in [-0.2, -0.15) is 0 Å². The van der Waals surface area contributed by atoms with Crippen LogP contribution in [-0.4, -0.2) is 47.4 Å². The first kappa shape index (κ1) is 68.1. The molecule has 0 radical (unpaired) electrons. The van der Waals surface area contributed by atoms with Crippen molar-refractivity contribution in [3.8, 4) is 0 Å². The summed E-state index contributed by atoms with van der Waals surface area (Å²) in [5, 5.41) is 23.0. The van der Waals surface area contributed by atoms with Gasteiger partial charge in [-0.05, 0) is 64.2 Å². The molecule has 0 saturated heterocycles. The van der Waals surface area contributed by atoms with Crippen molar-refractivity contribution < 1.29 is 24.5 Å². The predicted molar refractivity (Wildman–Crippen MR) is 306 cm³/mol. The summed E-state index contributed by atoms with van der Waals surface area (Å²) in [7, 11) is 0. The maximum Gasteiger partial charge on any atom is 0.305 e. The number of hydrogen-bond donors (Lipinski definition) is 3. The summed E-state index contributed by atoms with van der Waals surface area (Å²) in [6.07, 6.45) is 74.8. The number of esters is 1. The Balaban J connectivity index is 3.42. The molecule has 0 bridgehead atoms. The fraction of sp³-hybridized carbons (Fsp3) is 0.875. The molecule has 3 N–H and O–H groups in total. The van der Waals surface area contributed by atoms with Crippen LogP contribution in [0.5, 0.6) is 0 Å². The molecule has 0 aliphatic heterocycles. The molecule has 2 unspecified atom stereocenters. The number of amides is 1. The number of hydrogen-bond acceptors (Lipinski definition) is 5. The van der Waals surface area contributed by atoms with Crippen LogP contribution in [-0.2, 0) is 14.3 Å². The Morgan fingerprint density at radius 2 is 0.714 bits per heavy atom. The lowest BCUT2D eigenvalue weighted by Crippen LogP contribution is -2.45. The van der Waals surface area contributed by atoms with E-state index >= 15 is 0 Å². The molecule has 0 aromatic heterocycles. The highest BCUT2D eigenvalue weighted by Crippen LogP contribution is 2.17. The van der Waals surface area contributed by atoms with Gasteiger partial charge >= 0.3 is 5.97 Å². The first-order valence-corrected chi connectivity index (χ1v) is 31.3. The molecule has 0 heterocycles. The molecule has 0 aliphatic carbocycles. The summed E-state index contributed by atoms with van der Waals surface area (Å²) in [6, 6.07) is -0.634. The van der Waals surface area contributed by atoms with Crippen LogP contribution in [0.2, 0.25) is 0 Å². The molecule has 0 aliphatic rings. The number of rotatable bonds is 58. The molecule has 412 valence electrons. The minimum Gasteiger partial charge on any atom is -0.466 e. The van der Waals surface area contributed by atoms with Crippen molar-refractivity contribution in [2.75, 3.05) is 13.2 Å². The minimum atomic E-state index is -0.850. The number of ether oxygens (including phenoxy) is 1. The van der Waals surface area contributed by atoms with Crippen LogP contribution < -0.4 is 5.32 Å². The largest absolute Gasteiger partial charge is 0.466 e. The van der Waals surface area contributed by atoms with E-state index in [1.165, 1.54) is 250 Å². The molecule has 70 heavy (non-hydrogen) atoms. The number of aliphatic hydroxyl groups is 2. The standard InChI is InChI=1S/C64H121NO5/c1-3-5-7-9-11-13-15-16-17-18-24-28-31-34-38-42-46-50-54-58-64(69)70-59-55-51-47-43-39-35-32-29-26-23-21-19-20-22-25-27-30-33-37-41-45-49-53-57-63(68)65-61(60-66)62(67)56-52-48-44-40-36-14-12-10-8-6-4-2/h19,21-22,25,52,56,61-62,66-67H,3-18,20,23-24,26-51,53-55,57-60H2,1-2H3,(H,65,68)/b21-19-,25-22-,56-52+. The third-order valence-corrected chi connectivity index (χ3v) is 14.4. The molecule has 6 heteroatoms. The summed E-state index contributed by atoms with van der Waals surface area (Å²) in [5.74, 6) is -0.0682. The summed E-state index contributed by atoms with van der Waals surface area (Å²) in [5.41, 5.74) is 0. The first-order chi connectivity index (χ1) is 34.5. The number of carbonyl (C=O) groups is 2. The minimum absolute atomic E-state index is 0.0112. The van der Waals surface area contributed by atoms with Gasteiger partial charge in [-0.15, -0.1) is 0 Å². The summed E-state index contributed by atoms with van der Waals surface area (Å²) in [4.78, 5) is 24.5. The molecule has 2 atom stereocenters. The van der Waals surface area contributed by atoms with Crippen molar-refractivity contribution in [3.63, 3.8) is 0 Å². The number of unbranched alkanes of at least 4 members (excludes halogenated alkanes) is 43. The van der Waals surface area contributed by atoms with E-state index in [1.54, 1.807) is 6.08 Å². The SMILES string of the molecule is CCCCCCCCCCC/C=C/C(O)C(CO)NC(=O)CCCCCCCCC/C=C\C/C=C\CCCCCCCCCCCOC(=O)CCCCCCCCCCCCCCCCCCCCC. The number of carbonyl (C=O) groups excluding carboxylic acids is 2. The van der Waals surface area contributed by atoms with Crippen molar-refractivity contribution in [2.24, 2.45) is 0 Å². The molecule has 0 saturated carbocycles. The Hall–Kier alpha value is -1.92. The van der Waals surface area contributed by atoms with Gasteiger partial charge in [-0.25, -0.2) is 0 Å². The van der Waals surface area contributed by atoms with E-state index in [1.807, 2.05) is 6.08 Å². The van der Waals surface area contributed by atoms with Crippen molar-refractivity contribution in [2.45, 2.75) is 347 Å². The average molecular weight is 985 g/mol. The van der Waals surface area contributed by atoms with Gasteiger partial charge in [-0.3, -0.25) is 9.59 Å². The van der Waals surface area contributed by atoms with Crippen molar-refractivity contribution in [1.82, 2.24) is 5.32 Å². The van der Waals surface area contributed by atoms with Gasteiger partial charge in [0.2, 0.25) is 5.91 Å². The van der Waals surface area contributed by atoms with Crippen LogP contribution in [0.3, 0.4) is 0 Å². The Morgan fingerprint density at radius 1 is 0.400 bits per heavy atom. The Labute approximate surface area is 436 Å².